The van der Waals surface area contributed by atoms with Gasteiger partial charge in [0.15, 0.2) is 0 Å². The summed E-state index contributed by atoms with van der Waals surface area (Å²) >= 11 is 0. The van der Waals surface area contributed by atoms with E-state index in [9.17, 15) is 4.79 Å². The second kappa shape index (κ2) is 5.28. The van der Waals surface area contributed by atoms with Crippen LogP contribution in [0.15, 0.2) is 0 Å². The summed E-state index contributed by atoms with van der Waals surface area (Å²) < 4.78 is 6.14. The van der Waals surface area contributed by atoms with E-state index in [2.05, 4.69) is 6.92 Å². The van der Waals surface area contributed by atoms with Gasteiger partial charge in [0.1, 0.15) is 6.10 Å². The fourth-order valence-corrected chi connectivity index (χ4v) is 6.42. The summed E-state index contributed by atoms with van der Waals surface area (Å²) in [6.45, 7) is 2.25. The zero-order valence-corrected chi connectivity index (χ0v) is 13.5. The molecule has 5 aliphatic rings. The van der Waals surface area contributed by atoms with Crippen molar-refractivity contribution in [3.8, 4) is 0 Å². The molecule has 0 radical (unpaired) electrons. The van der Waals surface area contributed by atoms with Crippen molar-refractivity contribution >= 4 is 5.97 Å². The first-order chi connectivity index (χ1) is 10.2. The number of carbonyl (C=O) groups excluding carboxylic acids is 1. The van der Waals surface area contributed by atoms with Gasteiger partial charge in [-0.05, 0) is 87.9 Å². The van der Waals surface area contributed by atoms with E-state index in [0.29, 0.717) is 5.92 Å². The summed E-state index contributed by atoms with van der Waals surface area (Å²) in [7, 11) is 0. The minimum atomic E-state index is -0.0650. The van der Waals surface area contributed by atoms with E-state index in [0.717, 1.165) is 43.4 Å². The summed E-state index contributed by atoms with van der Waals surface area (Å²) in [6, 6.07) is 0. The minimum Gasteiger partial charge on any atom is -0.462 e. The number of hydrogen-bond acceptors (Lipinski definition) is 2. The zero-order chi connectivity index (χ0) is 14.4. The van der Waals surface area contributed by atoms with Crippen molar-refractivity contribution in [1.29, 1.82) is 0 Å². The standard InChI is InChI=1S/C19H30O2/c1-2-16-5-3-4-6-17(16)21-18(20)19-10-13-7-14(11-19)9-15(8-13)12-19/h13-17H,2-12H2,1H3. The molecule has 5 aliphatic carbocycles. The molecule has 0 aromatic heterocycles. The van der Waals surface area contributed by atoms with Crippen molar-refractivity contribution in [3.63, 3.8) is 0 Å². The molecule has 4 bridgehead atoms. The van der Waals surface area contributed by atoms with Gasteiger partial charge in [0.05, 0.1) is 5.41 Å². The number of rotatable bonds is 3. The van der Waals surface area contributed by atoms with E-state index >= 15 is 0 Å². The molecule has 21 heavy (non-hydrogen) atoms. The van der Waals surface area contributed by atoms with Crippen LogP contribution in [0.3, 0.4) is 0 Å². The van der Waals surface area contributed by atoms with Crippen molar-refractivity contribution in [2.24, 2.45) is 29.1 Å². The SMILES string of the molecule is CCC1CCCCC1OC(=O)C12CC3CC(CC(C3)C1)C2. The summed E-state index contributed by atoms with van der Waals surface area (Å²) in [4.78, 5) is 13.0. The highest BCUT2D eigenvalue weighted by atomic mass is 16.5. The topological polar surface area (TPSA) is 26.3 Å². The lowest BCUT2D eigenvalue weighted by atomic mass is 9.49. The van der Waals surface area contributed by atoms with Gasteiger partial charge in [0.2, 0.25) is 0 Å². The molecule has 0 amide bonds. The molecule has 0 N–H and O–H groups in total. The van der Waals surface area contributed by atoms with E-state index in [1.165, 1.54) is 44.9 Å². The smallest absolute Gasteiger partial charge is 0.312 e. The quantitative estimate of drug-likeness (QED) is 0.703. The third kappa shape index (κ3) is 2.43. The first-order valence-electron chi connectivity index (χ1n) is 9.39. The lowest BCUT2D eigenvalue weighted by molar-refractivity contribution is -0.181. The van der Waals surface area contributed by atoms with Crippen LogP contribution in [0, 0.1) is 29.1 Å². The van der Waals surface area contributed by atoms with Crippen LogP contribution in [-0.4, -0.2) is 12.1 Å². The monoisotopic (exact) mass is 290 g/mol. The predicted octanol–water partition coefficient (Wildman–Crippen LogP) is 4.71. The summed E-state index contributed by atoms with van der Waals surface area (Å²) in [5.74, 6) is 3.31. The Morgan fingerprint density at radius 2 is 1.57 bits per heavy atom. The minimum absolute atomic E-state index is 0.0650. The highest BCUT2D eigenvalue weighted by Crippen LogP contribution is 2.60. The average Bonchev–Trinajstić information content (AvgIpc) is 2.46. The molecule has 5 fully saturated rings. The maximum absolute atomic E-state index is 13.0. The van der Waals surface area contributed by atoms with Crippen LogP contribution in [0.2, 0.25) is 0 Å². The molecule has 2 unspecified atom stereocenters. The molecule has 118 valence electrons. The first kappa shape index (κ1) is 14.1. The van der Waals surface area contributed by atoms with Gasteiger partial charge >= 0.3 is 5.97 Å². The van der Waals surface area contributed by atoms with Crippen LogP contribution < -0.4 is 0 Å². The maximum atomic E-state index is 13.0. The van der Waals surface area contributed by atoms with Gasteiger partial charge in [-0.2, -0.15) is 0 Å². The average molecular weight is 290 g/mol. The van der Waals surface area contributed by atoms with Crippen molar-refractivity contribution in [3.05, 3.63) is 0 Å². The summed E-state index contributed by atoms with van der Waals surface area (Å²) in [5, 5.41) is 0. The van der Waals surface area contributed by atoms with Gasteiger partial charge < -0.3 is 4.74 Å². The Bertz CT molecular complexity index is 379. The van der Waals surface area contributed by atoms with Gasteiger partial charge in [0, 0.05) is 0 Å². The molecular weight excluding hydrogens is 260 g/mol. The molecule has 0 aromatic rings. The second-order valence-electron chi connectivity index (χ2n) is 8.59. The number of carbonyl (C=O) groups is 1. The van der Waals surface area contributed by atoms with Crippen LogP contribution >= 0.6 is 0 Å². The number of esters is 1. The number of ether oxygens (including phenoxy) is 1. The van der Waals surface area contributed by atoms with Gasteiger partial charge in [-0.15, -0.1) is 0 Å². The Kier molecular flexibility index (Phi) is 3.54. The van der Waals surface area contributed by atoms with Crippen LogP contribution in [0.5, 0.6) is 0 Å². The highest BCUT2D eigenvalue weighted by molar-refractivity contribution is 5.77. The molecule has 5 rings (SSSR count). The van der Waals surface area contributed by atoms with Gasteiger partial charge in [0.25, 0.3) is 0 Å². The molecule has 0 aliphatic heterocycles. The van der Waals surface area contributed by atoms with E-state index in [4.69, 9.17) is 4.74 Å². The van der Waals surface area contributed by atoms with E-state index in [-0.39, 0.29) is 17.5 Å². The van der Waals surface area contributed by atoms with Crippen LogP contribution in [0.1, 0.15) is 77.6 Å². The van der Waals surface area contributed by atoms with Crippen LogP contribution in [0.4, 0.5) is 0 Å². The maximum Gasteiger partial charge on any atom is 0.312 e. The lowest BCUT2D eigenvalue weighted by Crippen LogP contribution is -2.51. The Morgan fingerprint density at radius 3 is 2.14 bits per heavy atom. The fourth-order valence-electron chi connectivity index (χ4n) is 6.42. The van der Waals surface area contributed by atoms with Crippen LogP contribution in [0.25, 0.3) is 0 Å². The molecule has 2 atom stereocenters. The van der Waals surface area contributed by atoms with Gasteiger partial charge in [-0.1, -0.05) is 13.3 Å². The first-order valence-corrected chi connectivity index (χ1v) is 9.39. The third-order valence-electron chi connectivity index (χ3n) is 7.09. The van der Waals surface area contributed by atoms with Crippen LogP contribution in [-0.2, 0) is 9.53 Å². The molecule has 2 nitrogen and oxygen atoms in total. The Hall–Kier alpha value is -0.530. The van der Waals surface area contributed by atoms with Crippen molar-refractivity contribution < 1.29 is 9.53 Å². The molecular formula is C19H30O2. The fraction of sp³-hybridized carbons (Fsp3) is 0.947. The Balaban J connectivity index is 1.47. The third-order valence-corrected chi connectivity index (χ3v) is 7.09. The molecule has 0 spiro atoms. The van der Waals surface area contributed by atoms with E-state index in [1.54, 1.807) is 0 Å². The molecule has 2 heteroatoms. The summed E-state index contributed by atoms with van der Waals surface area (Å²) in [5.41, 5.74) is -0.0650. The van der Waals surface area contributed by atoms with Gasteiger partial charge in [-0.3, -0.25) is 4.79 Å². The normalized spacial score (nSPS) is 48.3. The molecule has 0 saturated heterocycles. The second-order valence-corrected chi connectivity index (χ2v) is 8.59. The molecule has 0 heterocycles. The van der Waals surface area contributed by atoms with Gasteiger partial charge in [-0.25, -0.2) is 0 Å². The Labute approximate surface area is 129 Å². The Morgan fingerprint density at radius 1 is 1.00 bits per heavy atom. The largest absolute Gasteiger partial charge is 0.462 e. The lowest BCUT2D eigenvalue weighted by Gasteiger charge is -2.55. The summed E-state index contributed by atoms with van der Waals surface area (Å²) in [6.07, 6.45) is 13.9. The zero-order valence-electron chi connectivity index (χ0n) is 13.5. The number of hydrogen-bond donors (Lipinski definition) is 0. The van der Waals surface area contributed by atoms with E-state index in [1.807, 2.05) is 0 Å². The van der Waals surface area contributed by atoms with E-state index < -0.39 is 0 Å². The molecule has 5 saturated carbocycles. The highest BCUT2D eigenvalue weighted by Gasteiger charge is 2.56. The van der Waals surface area contributed by atoms with Crippen molar-refractivity contribution in [2.75, 3.05) is 0 Å². The predicted molar refractivity (Wildman–Crippen MR) is 82.7 cm³/mol. The van der Waals surface area contributed by atoms with Crippen molar-refractivity contribution in [1.82, 2.24) is 0 Å². The molecule has 0 aromatic carbocycles. The van der Waals surface area contributed by atoms with Crippen molar-refractivity contribution in [2.45, 2.75) is 83.7 Å².